The number of hydrogen-bond donors (Lipinski definition) is 1. The molecule has 2 N–H and O–H groups in total. The summed E-state index contributed by atoms with van der Waals surface area (Å²) in [7, 11) is 1.62. The fourth-order valence-corrected chi connectivity index (χ4v) is 1.46. The summed E-state index contributed by atoms with van der Waals surface area (Å²) in [4.78, 5) is 0. The summed E-state index contributed by atoms with van der Waals surface area (Å²) in [6, 6.07) is 4.75. The van der Waals surface area contributed by atoms with Gasteiger partial charge in [-0.15, -0.1) is 0 Å². The first-order chi connectivity index (χ1) is 8.79. The highest BCUT2D eigenvalue weighted by Gasteiger charge is 2.07. The van der Waals surface area contributed by atoms with Crippen LogP contribution in [0, 0.1) is 5.82 Å². The van der Waals surface area contributed by atoms with Gasteiger partial charge >= 0.3 is 0 Å². The highest BCUT2D eigenvalue weighted by atomic mass is 19.1. The minimum Gasteiger partial charge on any atom is -0.490 e. The van der Waals surface area contributed by atoms with Crippen molar-refractivity contribution in [3.8, 4) is 5.75 Å². The molecule has 102 valence electrons. The number of halogens is 1. The zero-order valence-corrected chi connectivity index (χ0v) is 10.7. The monoisotopic (exact) mass is 257 g/mol. The zero-order valence-electron chi connectivity index (χ0n) is 10.7. The van der Waals surface area contributed by atoms with E-state index < -0.39 is 0 Å². The van der Waals surface area contributed by atoms with Gasteiger partial charge in [0.05, 0.1) is 19.8 Å². The summed E-state index contributed by atoms with van der Waals surface area (Å²) < 4.78 is 29.0. The van der Waals surface area contributed by atoms with Gasteiger partial charge in [0.25, 0.3) is 0 Å². The summed E-state index contributed by atoms with van der Waals surface area (Å²) in [5, 5.41) is 0. The molecule has 18 heavy (non-hydrogen) atoms. The predicted octanol–water partition coefficient (Wildman–Crippen LogP) is 1.72. The molecule has 1 rings (SSSR count). The molecule has 1 aromatic carbocycles. The summed E-state index contributed by atoms with van der Waals surface area (Å²) in [5.74, 6) is -0.129. The van der Waals surface area contributed by atoms with Crippen LogP contribution in [0.2, 0.25) is 0 Å². The maximum atomic E-state index is 13.5. The van der Waals surface area contributed by atoms with Crippen LogP contribution in [0.25, 0.3) is 0 Å². The van der Waals surface area contributed by atoms with Crippen LogP contribution in [0.5, 0.6) is 5.75 Å². The Labute approximate surface area is 107 Å². The molecule has 0 atom stereocenters. The summed E-state index contributed by atoms with van der Waals surface area (Å²) in [6.45, 7) is 2.36. The van der Waals surface area contributed by atoms with Gasteiger partial charge in [-0.2, -0.15) is 0 Å². The second-order valence-corrected chi connectivity index (χ2v) is 3.74. The Hall–Kier alpha value is -1.17. The largest absolute Gasteiger partial charge is 0.490 e. The molecule has 1 aromatic rings. The topological polar surface area (TPSA) is 53.7 Å². The number of benzene rings is 1. The van der Waals surface area contributed by atoms with E-state index >= 15 is 0 Å². The van der Waals surface area contributed by atoms with Crippen molar-refractivity contribution in [1.29, 1.82) is 0 Å². The molecule has 5 heteroatoms. The Balaban J connectivity index is 2.26. The van der Waals surface area contributed by atoms with Crippen molar-refractivity contribution < 1.29 is 18.6 Å². The molecule has 0 bridgehead atoms. The normalized spacial score (nSPS) is 10.6. The van der Waals surface area contributed by atoms with Crippen molar-refractivity contribution in [2.45, 2.75) is 13.0 Å². The SMILES string of the molecule is COCCOCCCOc1c(F)cccc1CN. The van der Waals surface area contributed by atoms with E-state index in [1.165, 1.54) is 6.07 Å². The van der Waals surface area contributed by atoms with Gasteiger partial charge in [-0.1, -0.05) is 12.1 Å². The van der Waals surface area contributed by atoms with Crippen LogP contribution < -0.4 is 10.5 Å². The minimum atomic E-state index is -0.377. The Kier molecular flexibility index (Phi) is 7.32. The van der Waals surface area contributed by atoms with Gasteiger partial charge < -0.3 is 19.9 Å². The molecular weight excluding hydrogens is 237 g/mol. The molecule has 0 unspecified atom stereocenters. The summed E-state index contributed by atoms with van der Waals surface area (Å²) in [6.07, 6.45) is 0.696. The third kappa shape index (κ3) is 5.00. The molecule has 4 nitrogen and oxygen atoms in total. The van der Waals surface area contributed by atoms with Gasteiger partial charge in [-0.25, -0.2) is 4.39 Å². The van der Waals surface area contributed by atoms with E-state index in [0.717, 1.165) is 0 Å². The van der Waals surface area contributed by atoms with E-state index in [2.05, 4.69) is 0 Å². The van der Waals surface area contributed by atoms with E-state index in [1.807, 2.05) is 0 Å². The van der Waals surface area contributed by atoms with Gasteiger partial charge in [-0.05, 0) is 6.07 Å². The number of hydrogen-bond acceptors (Lipinski definition) is 4. The molecule has 0 aromatic heterocycles. The van der Waals surface area contributed by atoms with Gasteiger partial charge in [0.15, 0.2) is 11.6 Å². The number of para-hydroxylation sites is 1. The molecule has 0 saturated carbocycles. The van der Waals surface area contributed by atoms with Crippen molar-refractivity contribution in [3.63, 3.8) is 0 Å². The number of ether oxygens (including phenoxy) is 3. The quantitative estimate of drug-likeness (QED) is 0.684. The van der Waals surface area contributed by atoms with Crippen molar-refractivity contribution in [3.05, 3.63) is 29.6 Å². The van der Waals surface area contributed by atoms with E-state index in [9.17, 15) is 4.39 Å². The van der Waals surface area contributed by atoms with Gasteiger partial charge in [0.2, 0.25) is 0 Å². The maximum absolute atomic E-state index is 13.5. The third-order valence-corrected chi connectivity index (χ3v) is 2.38. The Bertz CT molecular complexity index is 347. The van der Waals surface area contributed by atoms with Crippen LogP contribution in [0.1, 0.15) is 12.0 Å². The van der Waals surface area contributed by atoms with Crippen molar-refractivity contribution in [2.24, 2.45) is 5.73 Å². The Morgan fingerprint density at radius 2 is 2.00 bits per heavy atom. The first-order valence-corrected chi connectivity index (χ1v) is 5.96. The molecule has 0 aliphatic rings. The second-order valence-electron chi connectivity index (χ2n) is 3.74. The van der Waals surface area contributed by atoms with Gasteiger partial charge in [0.1, 0.15) is 0 Å². The zero-order chi connectivity index (χ0) is 13.2. The lowest BCUT2D eigenvalue weighted by molar-refractivity contribution is 0.0642. The number of rotatable bonds is 9. The van der Waals surface area contributed by atoms with Crippen LogP contribution in [0.15, 0.2) is 18.2 Å². The van der Waals surface area contributed by atoms with E-state index in [0.29, 0.717) is 38.4 Å². The Morgan fingerprint density at radius 3 is 2.72 bits per heavy atom. The fraction of sp³-hybridized carbons (Fsp3) is 0.538. The highest BCUT2D eigenvalue weighted by Crippen LogP contribution is 2.22. The fourth-order valence-electron chi connectivity index (χ4n) is 1.46. The molecule has 0 spiro atoms. The average Bonchev–Trinajstić information content (AvgIpc) is 2.39. The lowest BCUT2D eigenvalue weighted by Crippen LogP contribution is -2.09. The smallest absolute Gasteiger partial charge is 0.165 e. The molecule has 0 amide bonds. The summed E-state index contributed by atoms with van der Waals surface area (Å²) in [5.41, 5.74) is 6.20. The van der Waals surface area contributed by atoms with Crippen LogP contribution >= 0.6 is 0 Å². The number of methoxy groups -OCH3 is 1. The molecule has 0 aliphatic carbocycles. The lowest BCUT2D eigenvalue weighted by atomic mass is 10.2. The van der Waals surface area contributed by atoms with Crippen molar-refractivity contribution >= 4 is 0 Å². The van der Waals surface area contributed by atoms with Crippen molar-refractivity contribution in [2.75, 3.05) is 33.5 Å². The number of nitrogens with two attached hydrogens (primary N) is 1. The van der Waals surface area contributed by atoms with Crippen LogP contribution in [-0.2, 0) is 16.0 Å². The van der Waals surface area contributed by atoms with E-state index in [4.69, 9.17) is 19.9 Å². The third-order valence-electron chi connectivity index (χ3n) is 2.38. The van der Waals surface area contributed by atoms with Crippen LogP contribution in [0.4, 0.5) is 4.39 Å². The molecular formula is C13H20FNO3. The predicted molar refractivity (Wildman–Crippen MR) is 67.1 cm³/mol. The molecule has 0 fully saturated rings. The van der Waals surface area contributed by atoms with E-state index in [1.54, 1.807) is 19.2 Å². The molecule has 0 radical (unpaired) electrons. The Morgan fingerprint density at radius 1 is 1.17 bits per heavy atom. The van der Waals surface area contributed by atoms with Gasteiger partial charge in [-0.3, -0.25) is 0 Å². The standard InChI is InChI=1S/C13H20FNO3/c1-16-8-9-17-6-3-7-18-13-11(10-15)4-2-5-12(13)14/h2,4-5H,3,6-10,15H2,1H3. The first-order valence-electron chi connectivity index (χ1n) is 5.96. The highest BCUT2D eigenvalue weighted by molar-refractivity contribution is 5.34. The van der Waals surface area contributed by atoms with Crippen LogP contribution in [0.3, 0.4) is 0 Å². The summed E-state index contributed by atoms with van der Waals surface area (Å²) >= 11 is 0. The molecule has 0 heterocycles. The minimum absolute atomic E-state index is 0.247. The molecule has 0 saturated heterocycles. The average molecular weight is 257 g/mol. The first kappa shape index (κ1) is 14.9. The van der Waals surface area contributed by atoms with Crippen molar-refractivity contribution in [1.82, 2.24) is 0 Å². The van der Waals surface area contributed by atoms with E-state index in [-0.39, 0.29) is 18.1 Å². The van der Waals surface area contributed by atoms with Gasteiger partial charge in [0, 0.05) is 32.2 Å². The second kappa shape index (κ2) is 8.85. The molecule has 0 aliphatic heterocycles. The maximum Gasteiger partial charge on any atom is 0.165 e. The lowest BCUT2D eigenvalue weighted by Gasteiger charge is -2.11. The van der Waals surface area contributed by atoms with Crippen LogP contribution in [-0.4, -0.2) is 33.5 Å².